The lowest BCUT2D eigenvalue weighted by Crippen LogP contribution is -2.50. The third kappa shape index (κ3) is 3.09. The number of hydrogen-bond acceptors (Lipinski definition) is 2. The van der Waals surface area contributed by atoms with Crippen LogP contribution in [0.3, 0.4) is 0 Å². The van der Waals surface area contributed by atoms with Gasteiger partial charge in [-0.15, -0.1) is 0 Å². The Kier molecular flexibility index (Phi) is 4.11. The minimum Gasteiger partial charge on any atom is -0.368 e. The molecule has 1 N–H and O–H groups in total. The van der Waals surface area contributed by atoms with Crippen LogP contribution < -0.4 is 10.2 Å². The average molecular weight is 321 g/mol. The van der Waals surface area contributed by atoms with Crippen molar-refractivity contribution in [2.24, 2.45) is 0 Å². The number of nitrogens with zero attached hydrogens (tertiary/aromatic N) is 2. The quantitative estimate of drug-likeness (QED) is 0.918. The second-order valence-electron chi connectivity index (χ2n) is 6.58. The monoisotopic (exact) mass is 321 g/mol. The van der Waals surface area contributed by atoms with Crippen molar-refractivity contribution in [1.82, 2.24) is 4.90 Å². The van der Waals surface area contributed by atoms with Crippen molar-refractivity contribution in [1.29, 1.82) is 0 Å². The second kappa shape index (κ2) is 6.56. The van der Waals surface area contributed by atoms with Crippen LogP contribution in [0.15, 0.2) is 48.5 Å². The lowest BCUT2D eigenvalue weighted by atomic mass is 10.1. The van der Waals surface area contributed by atoms with E-state index in [0.29, 0.717) is 0 Å². The lowest BCUT2D eigenvalue weighted by molar-refractivity contribution is 0.208. The van der Waals surface area contributed by atoms with Crippen molar-refractivity contribution in [2.75, 3.05) is 36.4 Å². The van der Waals surface area contributed by atoms with Crippen LogP contribution in [0.5, 0.6) is 0 Å². The van der Waals surface area contributed by atoms with E-state index in [2.05, 4.69) is 46.6 Å². The van der Waals surface area contributed by atoms with E-state index in [1.165, 1.54) is 29.7 Å². The first kappa shape index (κ1) is 15.1. The fourth-order valence-corrected chi connectivity index (χ4v) is 3.66. The molecule has 24 heavy (non-hydrogen) atoms. The summed E-state index contributed by atoms with van der Waals surface area (Å²) in [5.74, 6) is 0. The maximum Gasteiger partial charge on any atom is 0.321 e. The number of carbonyl (C=O) groups is 1. The number of para-hydroxylation sites is 1. The Hall–Kier alpha value is -2.49. The first-order valence-electron chi connectivity index (χ1n) is 8.77. The van der Waals surface area contributed by atoms with Crippen molar-refractivity contribution < 1.29 is 4.79 Å². The standard InChI is InChI=1S/C20H23N3O/c24-20(21-18-10-9-16-5-4-6-17(16)15-18)23-13-11-22(12-14-23)19-7-2-1-3-8-19/h1-3,7-10,15H,4-6,11-14H2,(H,21,24). The summed E-state index contributed by atoms with van der Waals surface area (Å²) in [5, 5.41) is 3.06. The van der Waals surface area contributed by atoms with Crippen molar-refractivity contribution in [2.45, 2.75) is 19.3 Å². The van der Waals surface area contributed by atoms with Gasteiger partial charge in [0.2, 0.25) is 0 Å². The summed E-state index contributed by atoms with van der Waals surface area (Å²) in [6.07, 6.45) is 3.54. The number of benzene rings is 2. The zero-order valence-corrected chi connectivity index (χ0v) is 13.9. The highest BCUT2D eigenvalue weighted by Crippen LogP contribution is 2.25. The fourth-order valence-electron chi connectivity index (χ4n) is 3.66. The molecular formula is C20H23N3O. The van der Waals surface area contributed by atoms with Gasteiger partial charge in [0.1, 0.15) is 0 Å². The topological polar surface area (TPSA) is 35.6 Å². The van der Waals surface area contributed by atoms with Crippen molar-refractivity contribution in [3.63, 3.8) is 0 Å². The minimum atomic E-state index is 0.0145. The molecule has 2 aromatic carbocycles. The van der Waals surface area contributed by atoms with Crippen LogP contribution in [0.25, 0.3) is 0 Å². The van der Waals surface area contributed by atoms with Gasteiger partial charge in [-0.05, 0) is 54.7 Å². The van der Waals surface area contributed by atoms with Gasteiger partial charge in [-0.2, -0.15) is 0 Å². The largest absolute Gasteiger partial charge is 0.368 e. The molecule has 1 heterocycles. The summed E-state index contributed by atoms with van der Waals surface area (Å²) in [5.41, 5.74) is 4.98. The molecule has 1 aliphatic carbocycles. The average Bonchev–Trinajstić information content (AvgIpc) is 3.10. The highest BCUT2D eigenvalue weighted by Gasteiger charge is 2.21. The molecular weight excluding hydrogens is 298 g/mol. The predicted molar refractivity (Wildman–Crippen MR) is 97.7 cm³/mol. The van der Waals surface area contributed by atoms with Crippen LogP contribution in [-0.2, 0) is 12.8 Å². The van der Waals surface area contributed by atoms with E-state index in [4.69, 9.17) is 0 Å². The third-order valence-electron chi connectivity index (χ3n) is 5.04. The number of anilines is 2. The van der Waals surface area contributed by atoms with E-state index in [1.54, 1.807) is 0 Å². The Morgan fingerprint density at radius 1 is 0.875 bits per heavy atom. The van der Waals surface area contributed by atoms with E-state index in [1.807, 2.05) is 17.0 Å². The Morgan fingerprint density at radius 2 is 1.62 bits per heavy atom. The van der Waals surface area contributed by atoms with Gasteiger partial charge < -0.3 is 15.1 Å². The van der Waals surface area contributed by atoms with Crippen LogP contribution in [0, 0.1) is 0 Å². The molecule has 4 rings (SSSR count). The molecule has 2 aromatic rings. The zero-order chi connectivity index (χ0) is 16.4. The number of piperazine rings is 1. The number of amides is 2. The molecule has 0 unspecified atom stereocenters. The maximum absolute atomic E-state index is 12.5. The summed E-state index contributed by atoms with van der Waals surface area (Å²) in [6, 6.07) is 16.7. The fraction of sp³-hybridized carbons (Fsp3) is 0.350. The molecule has 4 heteroatoms. The zero-order valence-electron chi connectivity index (χ0n) is 13.9. The summed E-state index contributed by atoms with van der Waals surface area (Å²) in [4.78, 5) is 16.7. The molecule has 1 fully saturated rings. The van der Waals surface area contributed by atoms with E-state index in [9.17, 15) is 4.79 Å². The molecule has 1 aliphatic heterocycles. The van der Waals surface area contributed by atoms with Gasteiger partial charge in [0.05, 0.1) is 0 Å². The van der Waals surface area contributed by atoms with Crippen LogP contribution in [0.4, 0.5) is 16.2 Å². The maximum atomic E-state index is 12.5. The van der Waals surface area contributed by atoms with Crippen molar-refractivity contribution in [3.8, 4) is 0 Å². The first-order chi connectivity index (χ1) is 11.8. The van der Waals surface area contributed by atoms with E-state index in [0.717, 1.165) is 38.3 Å². The van der Waals surface area contributed by atoms with Crippen molar-refractivity contribution in [3.05, 3.63) is 59.7 Å². The minimum absolute atomic E-state index is 0.0145. The Morgan fingerprint density at radius 3 is 2.42 bits per heavy atom. The van der Waals surface area contributed by atoms with Gasteiger partial charge in [0, 0.05) is 37.6 Å². The van der Waals surface area contributed by atoms with Crippen LogP contribution in [-0.4, -0.2) is 37.1 Å². The highest BCUT2D eigenvalue weighted by atomic mass is 16.2. The Bertz CT molecular complexity index is 721. The molecule has 4 nitrogen and oxygen atoms in total. The highest BCUT2D eigenvalue weighted by molar-refractivity contribution is 5.89. The molecule has 2 amide bonds. The van der Waals surface area contributed by atoms with Gasteiger partial charge in [-0.1, -0.05) is 24.3 Å². The van der Waals surface area contributed by atoms with Gasteiger partial charge in [-0.3, -0.25) is 0 Å². The van der Waals surface area contributed by atoms with Gasteiger partial charge in [-0.25, -0.2) is 4.79 Å². The van der Waals surface area contributed by atoms with E-state index < -0.39 is 0 Å². The van der Waals surface area contributed by atoms with Crippen molar-refractivity contribution >= 4 is 17.4 Å². The summed E-state index contributed by atoms with van der Waals surface area (Å²) in [7, 11) is 0. The van der Waals surface area contributed by atoms with Crippen LogP contribution in [0.1, 0.15) is 17.5 Å². The Labute approximate surface area is 143 Å². The SMILES string of the molecule is O=C(Nc1ccc2c(c1)CCC2)N1CCN(c2ccccc2)CC1. The molecule has 0 aromatic heterocycles. The second-order valence-corrected chi connectivity index (χ2v) is 6.58. The third-order valence-corrected chi connectivity index (χ3v) is 5.04. The normalized spacial score (nSPS) is 16.8. The number of hydrogen-bond donors (Lipinski definition) is 1. The molecule has 0 bridgehead atoms. The van der Waals surface area contributed by atoms with Crippen LogP contribution >= 0.6 is 0 Å². The number of urea groups is 1. The number of carbonyl (C=O) groups excluding carboxylic acids is 1. The summed E-state index contributed by atoms with van der Waals surface area (Å²) >= 11 is 0. The number of fused-ring (bicyclic) bond motifs is 1. The lowest BCUT2D eigenvalue weighted by Gasteiger charge is -2.36. The Balaban J connectivity index is 1.35. The summed E-state index contributed by atoms with van der Waals surface area (Å²) < 4.78 is 0. The number of aryl methyl sites for hydroxylation is 2. The smallest absolute Gasteiger partial charge is 0.321 e. The van der Waals surface area contributed by atoms with E-state index >= 15 is 0 Å². The molecule has 0 atom stereocenters. The number of nitrogens with one attached hydrogen (secondary N) is 1. The molecule has 124 valence electrons. The molecule has 2 aliphatic rings. The first-order valence-corrected chi connectivity index (χ1v) is 8.77. The molecule has 1 saturated heterocycles. The summed E-state index contributed by atoms with van der Waals surface area (Å²) in [6.45, 7) is 3.26. The van der Waals surface area contributed by atoms with Gasteiger partial charge in [0.15, 0.2) is 0 Å². The van der Waals surface area contributed by atoms with Crippen LogP contribution in [0.2, 0.25) is 0 Å². The molecule has 0 spiro atoms. The van der Waals surface area contributed by atoms with E-state index in [-0.39, 0.29) is 6.03 Å². The molecule has 0 radical (unpaired) electrons. The van der Waals surface area contributed by atoms with Gasteiger partial charge in [0.25, 0.3) is 0 Å². The number of rotatable bonds is 2. The van der Waals surface area contributed by atoms with Gasteiger partial charge >= 0.3 is 6.03 Å². The molecule has 0 saturated carbocycles. The predicted octanol–water partition coefficient (Wildman–Crippen LogP) is 3.53.